The number of rotatable bonds is 4. The quantitative estimate of drug-likeness (QED) is 0.919. The van der Waals surface area contributed by atoms with Crippen LogP contribution < -0.4 is 10.5 Å². The molecule has 1 atom stereocenters. The molecule has 1 aliphatic rings. The summed E-state index contributed by atoms with van der Waals surface area (Å²) in [5.74, 6) is -0.491. The summed E-state index contributed by atoms with van der Waals surface area (Å²) < 4.78 is 5.78. The fourth-order valence-corrected chi connectivity index (χ4v) is 2.83. The van der Waals surface area contributed by atoms with E-state index in [1.54, 1.807) is 41.3 Å². The first-order valence-corrected chi connectivity index (χ1v) is 7.88. The molecule has 1 aliphatic heterocycles. The first-order valence-electron chi connectivity index (χ1n) is 7.51. The van der Waals surface area contributed by atoms with E-state index in [1.165, 1.54) is 6.20 Å². The van der Waals surface area contributed by atoms with E-state index in [4.69, 9.17) is 22.1 Å². The van der Waals surface area contributed by atoms with Crippen molar-refractivity contribution in [1.82, 2.24) is 9.88 Å². The van der Waals surface area contributed by atoms with Gasteiger partial charge in [-0.2, -0.15) is 0 Å². The van der Waals surface area contributed by atoms with Gasteiger partial charge in [0.1, 0.15) is 11.7 Å². The molecule has 7 heteroatoms. The number of ether oxygens (including phenoxy) is 1. The Morgan fingerprint density at radius 1 is 1.29 bits per heavy atom. The molecule has 0 radical (unpaired) electrons. The van der Waals surface area contributed by atoms with Crippen molar-refractivity contribution >= 4 is 23.4 Å². The van der Waals surface area contributed by atoms with Gasteiger partial charge >= 0.3 is 0 Å². The van der Waals surface area contributed by atoms with E-state index in [0.717, 1.165) is 0 Å². The highest BCUT2D eigenvalue weighted by molar-refractivity contribution is 6.30. The SMILES string of the molecule is NC(=O)c1cccnc1OC1CCN(C(=O)c2cccc(Cl)c2)C1. The van der Waals surface area contributed by atoms with Gasteiger partial charge in [-0.05, 0) is 30.3 Å². The molecule has 24 heavy (non-hydrogen) atoms. The Kier molecular flexibility index (Phi) is 4.66. The van der Waals surface area contributed by atoms with Crippen LogP contribution >= 0.6 is 11.6 Å². The molecule has 3 rings (SSSR count). The third-order valence-corrected chi connectivity index (χ3v) is 4.05. The van der Waals surface area contributed by atoms with E-state index in [2.05, 4.69) is 4.98 Å². The number of carbonyl (C=O) groups is 2. The Hall–Kier alpha value is -2.60. The first kappa shape index (κ1) is 16.3. The Morgan fingerprint density at radius 3 is 2.88 bits per heavy atom. The van der Waals surface area contributed by atoms with Gasteiger partial charge in [0.25, 0.3) is 11.8 Å². The van der Waals surface area contributed by atoms with Gasteiger partial charge in [-0.15, -0.1) is 0 Å². The average Bonchev–Trinajstić information content (AvgIpc) is 3.03. The smallest absolute Gasteiger partial charge is 0.254 e. The van der Waals surface area contributed by atoms with E-state index in [0.29, 0.717) is 30.1 Å². The van der Waals surface area contributed by atoms with E-state index in [-0.39, 0.29) is 23.5 Å². The van der Waals surface area contributed by atoms with E-state index in [9.17, 15) is 9.59 Å². The van der Waals surface area contributed by atoms with Crippen LogP contribution in [-0.4, -0.2) is 40.9 Å². The Bertz CT molecular complexity index is 781. The van der Waals surface area contributed by atoms with Gasteiger partial charge in [0.2, 0.25) is 5.88 Å². The number of pyridine rings is 1. The maximum absolute atomic E-state index is 12.5. The van der Waals surface area contributed by atoms with Crippen molar-refractivity contribution in [3.63, 3.8) is 0 Å². The third kappa shape index (κ3) is 3.49. The predicted octanol–water partition coefficient (Wildman–Crippen LogP) is 2.13. The number of aromatic nitrogens is 1. The number of primary amides is 1. The van der Waals surface area contributed by atoms with Crippen molar-refractivity contribution in [1.29, 1.82) is 0 Å². The number of benzene rings is 1. The van der Waals surface area contributed by atoms with Crippen LogP contribution in [0, 0.1) is 0 Å². The molecule has 0 bridgehead atoms. The number of halogens is 1. The zero-order chi connectivity index (χ0) is 17.1. The second-order valence-electron chi connectivity index (χ2n) is 5.51. The van der Waals surface area contributed by atoms with Crippen molar-refractivity contribution < 1.29 is 14.3 Å². The number of nitrogens with two attached hydrogens (primary N) is 1. The second-order valence-corrected chi connectivity index (χ2v) is 5.95. The number of nitrogens with zero attached hydrogens (tertiary/aromatic N) is 2. The number of hydrogen-bond acceptors (Lipinski definition) is 4. The summed E-state index contributed by atoms with van der Waals surface area (Å²) in [7, 11) is 0. The second kappa shape index (κ2) is 6.88. The topological polar surface area (TPSA) is 85.5 Å². The Balaban J connectivity index is 1.68. The minimum absolute atomic E-state index is 0.0975. The van der Waals surface area contributed by atoms with Crippen molar-refractivity contribution in [2.24, 2.45) is 5.73 Å². The summed E-state index contributed by atoms with van der Waals surface area (Å²) in [6.07, 6.45) is 1.95. The van der Waals surface area contributed by atoms with Crippen LogP contribution in [0.5, 0.6) is 5.88 Å². The minimum Gasteiger partial charge on any atom is -0.472 e. The summed E-state index contributed by atoms with van der Waals surface area (Å²) >= 11 is 5.93. The normalized spacial score (nSPS) is 16.9. The van der Waals surface area contributed by atoms with E-state index in [1.807, 2.05) is 0 Å². The summed E-state index contributed by atoms with van der Waals surface area (Å²) in [5, 5.41) is 0.521. The van der Waals surface area contributed by atoms with E-state index >= 15 is 0 Å². The molecule has 1 unspecified atom stereocenters. The average molecular weight is 346 g/mol. The van der Waals surface area contributed by atoms with Crippen LogP contribution in [0.15, 0.2) is 42.6 Å². The summed E-state index contributed by atoms with van der Waals surface area (Å²) in [5.41, 5.74) is 6.09. The van der Waals surface area contributed by atoms with Crippen LogP contribution in [0.3, 0.4) is 0 Å². The largest absolute Gasteiger partial charge is 0.472 e. The molecule has 1 saturated heterocycles. The molecule has 1 aromatic carbocycles. The van der Waals surface area contributed by atoms with Crippen molar-refractivity contribution in [2.75, 3.05) is 13.1 Å². The number of amides is 2. The van der Waals surface area contributed by atoms with Gasteiger partial charge in [-0.25, -0.2) is 4.98 Å². The molecule has 2 heterocycles. The third-order valence-electron chi connectivity index (χ3n) is 3.82. The number of likely N-dealkylation sites (tertiary alicyclic amines) is 1. The molecule has 2 aromatic rings. The van der Waals surface area contributed by atoms with Gasteiger partial charge in [-0.3, -0.25) is 9.59 Å². The fourth-order valence-electron chi connectivity index (χ4n) is 2.64. The van der Waals surface area contributed by atoms with Gasteiger partial charge in [0, 0.05) is 29.7 Å². The molecule has 2 N–H and O–H groups in total. The molecule has 0 saturated carbocycles. The zero-order valence-corrected chi connectivity index (χ0v) is 13.6. The molecule has 0 spiro atoms. The van der Waals surface area contributed by atoms with Crippen molar-refractivity contribution in [3.05, 3.63) is 58.7 Å². The lowest BCUT2D eigenvalue weighted by Crippen LogP contribution is -2.31. The van der Waals surface area contributed by atoms with Crippen LogP contribution in [0.1, 0.15) is 27.1 Å². The standard InChI is InChI=1S/C17H16ClN3O3/c18-12-4-1-3-11(9-12)17(23)21-8-6-13(10-21)24-16-14(15(19)22)5-2-7-20-16/h1-5,7,9,13H,6,8,10H2,(H2,19,22). The first-order chi connectivity index (χ1) is 11.5. The molecule has 6 nitrogen and oxygen atoms in total. The molecular weight excluding hydrogens is 330 g/mol. The number of carbonyl (C=O) groups excluding carboxylic acids is 2. The van der Waals surface area contributed by atoms with Crippen LogP contribution in [0.4, 0.5) is 0 Å². The zero-order valence-electron chi connectivity index (χ0n) is 12.8. The van der Waals surface area contributed by atoms with Gasteiger partial charge in [-0.1, -0.05) is 17.7 Å². The lowest BCUT2D eigenvalue weighted by Gasteiger charge is -2.17. The van der Waals surface area contributed by atoms with Crippen molar-refractivity contribution in [2.45, 2.75) is 12.5 Å². The van der Waals surface area contributed by atoms with E-state index < -0.39 is 5.91 Å². The van der Waals surface area contributed by atoms with Crippen molar-refractivity contribution in [3.8, 4) is 5.88 Å². The highest BCUT2D eigenvalue weighted by Crippen LogP contribution is 2.22. The van der Waals surface area contributed by atoms with Gasteiger partial charge in [0.15, 0.2) is 0 Å². The highest BCUT2D eigenvalue weighted by atomic mass is 35.5. The van der Waals surface area contributed by atoms with Gasteiger partial charge < -0.3 is 15.4 Å². The summed E-state index contributed by atoms with van der Waals surface area (Å²) in [6.45, 7) is 0.981. The molecule has 1 aromatic heterocycles. The molecular formula is C17H16ClN3O3. The molecule has 124 valence electrons. The summed E-state index contributed by atoms with van der Waals surface area (Å²) in [6, 6.07) is 10.0. The highest BCUT2D eigenvalue weighted by Gasteiger charge is 2.29. The lowest BCUT2D eigenvalue weighted by atomic mass is 10.2. The molecule has 1 fully saturated rings. The predicted molar refractivity (Wildman–Crippen MR) is 89.1 cm³/mol. The molecule has 2 amide bonds. The fraction of sp³-hybridized carbons (Fsp3) is 0.235. The van der Waals surface area contributed by atoms with Crippen LogP contribution in [-0.2, 0) is 0 Å². The maximum Gasteiger partial charge on any atom is 0.254 e. The Labute approximate surface area is 144 Å². The lowest BCUT2D eigenvalue weighted by molar-refractivity contribution is 0.0769. The monoisotopic (exact) mass is 345 g/mol. The maximum atomic E-state index is 12.5. The van der Waals surface area contributed by atoms with Crippen LogP contribution in [0.2, 0.25) is 5.02 Å². The van der Waals surface area contributed by atoms with Gasteiger partial charge in [0.05, 0.1) is 6.54 Å². The summed E-state index contributed by atoms with van der Waals surface area (Å²) in [4.78, 5) is 29.7. The Morgan fingerprint density at radius 2 is 2.12 bits per heavy atom. The molecule has 0 aliphatic carbocycles. The van der Waals surface area contributed by atoms with Crippen LogP contribution in [0.25, 0.3) is 0 Å². The minimum atomic E-state index is -0.594. The number of hydrogen-bond donors (Lipinski definition) is 1.